The van der Waals surface area contributed by atoms with E-state index in [2.05, 4.69) is 45.7 Å². The van der Waals surface area contributed by atoms with E-state index in [0.29, 0.717) is 34.7 Å². The minimum absolute atomic E-state index is 0.0275. The van der Waals surface area contributed by atoms with Crippen molar-refractivity contribution in [1.29, 1.82) is 0 Å². The van der Waals surface area contributed by atoms with Crippen LogP contribution in [0.2, 0.25) is 0 Å². The van der Waals surface area contributed by atoms with E-state index in [1.807, 2.05) is 12.1 Å². The minimum Gasteiger partial charge on any atom is -0.478 e. The molecule has 4 unspecified atom stereocenters. The number of carbonyl (C=O) groups is 2. The second kappa shape index (κ2) is 9.35. The number of carboxylic acid groups (broad SMARTS) is 1. The number of nitrogens with one attached hydrogen (secondary N) is 1. The number of hydrogen-bond acceptors (Lipinski definition) is 2. The van der Waals surface area contributed by atoms with E-state index in [4.69, 9.17) is 0 Å². The Morgan fingerprint density at radius 1 is 0.949 bits per heavy atom. The number of hydrogen-bond donors (Lipinski definition) is 2. The van der Waals surface area contributed by atoms with Crippen LogP contribution in [0.25, 0.3) is 5.57 Å². The first kappa shape index (κ1) is 26.8. The summed E-state index contributed by atoms with van der Waals surface area (Å²) in [6.07, 6.45) is 14.4. The highest BCUT2D eigenvalue weighted by molar-refractivity contribution is 5.88. The van der Waals surface area contributed by atoms with E-state index in [0.717, 1.165) is 43.4 Å². The van der Waals surface area contributed by atoms with Crippen LogP contribution in [0.1, 0.15) is 101 Å². The van der Waals surface area contributed by atoms with Crippen molar-refractivity contribution in [3.63, 3.8) is 0 Å². The molecule has 0 heterocycles. The lowest BCUT2D eigenvalue weighted by atomic mass is 9.41. The molecule has 1 amide bonds. The molecule has 0 bridgehead atoms. The van der Waals surface area contributed by atoms with Crippen molar-refractivity contribution < 1.29 is 14.7 Å². The Morgan fingerprint density at radius 2 is 1.64 bits per heavy atom. The topological polar surface area (TPSA) is 66.4 Å². The molecular formula is C35H47NO3. The normalized spacial score (nSPS) is 42.2. The van der Waals surface area contributed by atoms with Gasteiger partial charge in [-0.1, -0.05) is 51.1 Å². The van der Waals surface area contributed by atoms with Crippen molar-refractivity contribution in [1.82, 2.24) is 5.32 Å². The van der Waals surface area contributed by atoms with Crippen LogP contribution in [-0.2, 0) is 4.79 Å². The van der Waals surface area contributed by atoms with Crippen molar-refractivity contribution in [2.75, 3.05) is 0 Å². The Balaban J connectivity index is 1.29. The molecule has 6 rings (SSSR count). The summed E-state index contributed by atoms with van der Waals surface area (Å²) in [6.45, 7) is 14.1. The van der Waals surface area contributed by atoms with E-state index in [9.17, 15) is 14.7 Å². The standard InChI is InChI=1S/C35H47NO3/c1-21(2)24-16-17-35(36-20-37)19-18-34(5)29-15-14-28-25(26(29)11-13-30(34)31(24)35)10-12-27(33(28,3)4)22-6-8-23(9-7-22)32(38)39/h6-9,12,20,24-26,28-31H,1,10-11,13-19H2,2-5H3,(H,36,37)(H,38,39)/t24-,25?,26+,28+,29?,30?,31+,34-,35?/m0/s1. The first-order chi connectivity index (χ1) is 18.5. The van der Waals surface area contributed by atoms with Crippen LogP contribution in [0.4, 0.5) is 0 Å². The van der Waals surface area contributed by atoms with Gasteiger partial charge in [0.05, 0.1) is 5.56 Å². The number of benzene rings is 1. The lowest BCUT2D eigenvalue weighted by Gasteiger charge is -2.65. The smallest absolute Gasteiger partial charge is 0.335 e. The fourth-order valence-corrected chi connectivity index (χ4v) is 11.3. The summed E-state index contributed by atoms with van der Waals surface area (Å²) in [5.41, 5.74) is 4.63. The third-order valence-corrected chi connectivity index (χ3v) is 13.0. The van der Waals surface area contributed by atoms with Gasteiger partial charge >= 0.3 is 5.97 Å². The van der Waals surface area contributed by atoms with Gasteiger partial charge in [0.15, 0.2) is 0 Å². The first-order valence-corrected chi connectivity index (χ1v) is 15.4. The van der Waals surface area contributed by atoms with Gasteiger partial charge in [0.2, 0.25) is 6.41 Å². The van der Waals surface area contributed by atoms with E-state index < -0.39 is 5.97 Å². The summed E-state index contributed by atoms with van der Waals surface area (Å²) < 4.78 is 0. The van der Waals surface area contributed by atoms with E-state index >= 15 is 0 Å². The molecule has 0 aromatic heterocycles. The van der Waals surface area contributed by atoms with Crippen LogP contribution in [0.15, 0.2) is 42.5 Å². The number of allylic oxidation sites excluding steroid dienone is 3. The zero-order chi connectivity index (χ0) is 27.7. The lowest BCUT2D eigenvalue weighted by molar-refractivity contribution is -0.143. The maximum absolute atomic E-state index is 11.8. The van der Waals surface area contributed by atoms with Crippen molar-refractivity contribution in [3.05, 3.63) is 53.6 Å². The van der Waals surface area contributed by atoms with E-state index in [-0.39, 0.29) is 11.0 Å². The Morgan fingerprint density at radius 3 is 2.31 bits per heavy atom. The fraction of sp³-hybridized carbons (Fsp3) is 0.657. The SMILES string of the molecule is C=C(C)[C@@H]1CCC2(NC=O)CC[C@@]3(C)C4CC[C@@H]5C(CC=C(c6ccc(C(=O)O)cc6)C5(C)C)[C@H]4CCC3[C@@H]12. The van der Waals surface area contributed by atoms with Gasteiger partial charge in [0.25, 0.3) is 0 Å². The molecule has 0 spiro atoms. The average molecular weight is 530 g/mol. The maximum atomic E-state index is 11.8. The van der Waals surface area contributed by atoms with Crippen LogP contribution >= 0.6 is 0 Å². The highest BCUT2D eigenvalue weighted by Gasteiger charge is 2.64. The second-order valence-electron chi connectivity index (χ2n) is 14.7. The van der Waals surface area contributed by atoms with Gasteiger partial charge in [-0.25, -0.2) is 4.79 Å². The highest BCUT2D eigenvalue weighted by atomic mass is 16.4. The van der Waals surface area contributed by atoms with Crippen molar-refractivity contribution in [3.8, 4) is 0 Å². The molecule has 1 aromatic rings. The number of carbonyl (C=O) groups excluding carboxylic acids is 1. The Kier molecular flexibility index (Phi) is 6.43. The van der Waals surface area contributed by atoms with Crippen LogP contribution in [0.5, 0.6) is 0 Å². The Bertz CT molecular complexity index is 1200. The molecule has 5 aliphatic rings. The lowest BCUT2D eigenvalue weighted by Crippen LogP contribution is -2.63. The summed E-state index contributed by atoms with van der Waals surface area (Å²) in [5, 5.41) is 12.7. The third-order valence-electron chi connectivity index (χ3n) is 13.0. The first-order valence-electron chi connectivity index (χ1n) is 15.4. The van der Waals surface area contributed by atoms with Gasteiger partial charge in [-0.15, -0.1) is 0 Å². The van der Waals surface area contributed by atoms with Gasteiger partial charge in [-0.05, 0) is 140 Å². The summed E-state index contributed by atoms with van der Waals surface area (Å²) >= 11 is 0. The van der Waals surface area contributed by atoms with Gasteiger partial charge in [0.1, 0.15) is 0 Å². The molecule has 2 N–H and O–H groups in total. The van der Waals surface area contributed by atoms with Crippen LogP contribution in [0, 0.1) is 52.3 Å². The largest absolute Gasteiger partial charge is 0.478 e. The number of fused-ring (bicyclic) bond motifs is 7. The summed E-state index contributed by atoms with van der Waals surface area (Å²) in [4.78, 5) is 23.2. The molecule has 0 radical (unpaired) electrons. The van der Waals surface area contributed by atoms with Crippen LogP contribution in [0.3, 0.4) is 0 Å². The van der Waals surface area contributed by atoms with Gasteiger partial charge in [0, 0.05) is 5.54 Å². The maximum Gasteiger partial charge on any atom is 0.335 e. The summed E-state index contributed by atoms with van der Waals surface area (Å²) in [7, 11) is 0. The Labute approximate surface area is 234 Å². The molecular weight excluding hydrogens is 482 g/mol. The molecule has 4 fully saturated rings. The molecule has 210 valence electrons. The molecule has 4 saturated carbocycles. The quantitative estimate of drug-likeness (QED) is 0.303. The molecule has 5 aliphatic carbocycles. The van der Waals surface area contributed by atoms with Crippen molar-refractivity contribution in [2.45, 2.75) is 91.0 Å². The molecule has 4 heteroatoms. The molecule has 9 atom stereocenters. The van der Waals surface area contributed by atoms with E-state index in [1.165, 1.54) is 55.2 Å². The second-order valence-corrected chi connectivity index (χ2v) is 14.7. The summed E-state index contributed by atoms with van der Waals surface area (Å²) in [6, 6.07) is 7.53. The monoisotopic (exact) mass is 529 g/mol. The van der Waals surface area contributed by atoms with Gasteiger partial charge < -0.3 is 10.4 Å². The molecule has 4 nitrogen and oxygen atoms in total. The van der Waals surface area contributed by atoms with E-state index in [1.54, 1.807) is 12.1 Å². The highest BCUT2D eigenvalue weighted by Crippen LogP contribution is 2.69. The van der Waals surface area contributed by atoms with Crippen LogP contribution in [-0.4, -0.2) is 23.0 Å². The van der Waals surface area contributed by atoms with Crippen molar-refractivity contribution in [2.24, 2.45) is 52.3 Å². The predicted octanol–water partition coefficient (Wildman–Crippen LogP) is 7.75. The van der Waals surface area contributed by atoms with Crippen LogP contribution < -0.4 is 5.32 Å². The third kappa shape index (κ3) is 3.90. The zero-order valence-corrected chi connectivity index (χ0v) is 24.3. The fourth-order valence-electron chi connectivity index (χ4n) is 11.3. The molecule has 0 aliphatic heterocycles. The number of rotatable bonds is 5. The number of aromatic carboxylic acids is 1. The molecule has 0 saturated heterocycles. The van der Waals surface area contributed by atoms with Crippen molar-refractivity contribution >= 4 is 18.0 Å². The number of carboxylic acids is 1. The van der Waals surface area contributed by atoms with Gasteiger partial charge in [-0.2, -0.15) is 0 Å². The summed E-state index contributed by atoms with van der Waals surface area (Å²) in [5.74, 6) is 3.77. The Hall–Kier alpha value is -2.36. The average Bonchev–Trinajstić information content (AvgIpc) is 3.28. The molecule has 39 heavy (non-hydrogen) atoms. The minimum atomic E-state index is -0.866. The number of amides is 1. The van der Waals surface area contributed by atoms with Gasteiger partial charge in [-0.3, -0.25) is 4.79 Å². The zero-order valence-electron chi connectivity index (χ0n) is 24.3. The molecule has 1 aromatic carbocycles. The predicted molar refractivity (Wildman–Crippen MR) is 156 cm³/mol.